The Morgan fingerprint density at radius 2 is 1.89 bits per heavy atom. The number of aromatic nitrogens is 3. The van der Waals surface area contributed by atoms with Crippen molar-refractivity contribution in [2.24, 2.45) is 0 Å². The van der Waals surface area contributed by atoms with Crippen LogP contribution in [0.15, 0.2) is 53.6 Å². The number of benzene rings is 1. The number of fused-ring (bicyclic) bond motifs is 1. The van der Waals surface area contributed by atoms with Gasteiger partial charge in [0.15, 0.2) is 5.65 Å². The van der Waals surface area contributed by atoms with Gasteiger partial charge in [0.05, 0.1) is 10.5 Å². The Morgan fingerprint density at radius 1 is 1.11 bits per heavy atom. The highest BCUT2D eigenvalue weighted by atomic mass is 32.2. The van der Waals surface area contributed by atoms with E-state index in [0.717, 1.165) is 24.3 Å². The second-order valence-corrected chi connectivity index (χ2v) is 8.46. The van der Waals surface area contributed by atoms with Crippen LogP contribution in [-0.4, -0.2) is 51.5 Å². The molecule has 1 atom stereocenters. The van der Waals surface area contributed by atoms with Gasteiger partial charge in [-0.05, 0) is 49.2 Å². The third-order valence-corrected chi connectivity index (χ3v) is 6.71. The average Bonchev–Trinajstić information content (AvgIpc) is 3.12. The molecule has 0 saturated carbocycles. The third-order valence-electron chi connectivity index (χ3n) is 4.83. The number of nitrogens with zero attached hydrogens (tertiary/aromatic N) is 4. The molecular formula is C18H18N4O4S. The van der Waals surface area contributed by atoms with Crippen LogP contribution in [0.2, 0.25) is 0 Å². The molecule has 0 aliphatic carbocycles. The molecule has 3 aromatic rings. The van der Waals surface area contributed by atoms with Crippen LogP contribution in [-0.2, 0) is 10.0 Å². The summed E-state index contributed by atoms with van der Waals surface area (Å²) in [5, 5.41) is 17.4. The van der Waals surface area contributed by atoms with Gasteiger partial charge in [0, 0.05) is 25.2 Å². The molecule has 4 rings (SSSR count). The molecule has 9 heteroatoms. The Balaban J connectivity index is 1.61. The van der Waals surface area contributed by atoms with Crippen LogP contribution in [0.5, 0.6) is 0 Å². The fraction of sp³-hybridized carbons (Fsp3) is 0.278. The van der Waals surface area contributed by atoms with E-state index in [0.29, 0.717) is 13.1 Å². The average molecular weight is 386 g/mol. The molecule has 0 unspecified atom stereocenters. The quantitative estimate of drug-likeness (QED) is 0.735. The van der Waals surface area contributed by atoms with E-state index in [2.05, 4.69) is 10.2 Å². The van der Waals surface area contributed by atoms with E-state index >= 15 is 0 Å². The van der Waals surface area contributed by atoms with E-state index < -0.39 is 16.0 Å². The van der Waals surface area contributed by atoms with Gasteiger partial charge in [-0.2, -0.15) is 4.31 Å². The van der Waals surface area contributed by atoms with Crippen molar-refractivity contribution in [3.63, 3.8) is 0 Å². The second kappa shape index (κ2) is 6.75. The van der Waals surface area contributed by atoms with Crippen molar-refractivity contribution < 1.29 is 18.3 Å². The smallest absolute Gasteiger partial charge is 0.335 e. The zero-order valence-corrected chi connectivity index (χ0v) is 15.2. The number of carboxylic acid groups (broad SMARTS) is 1. The number of aromatic carboxylic acids is 1. The van der Waals surface area contributed by atoms with Gasteiger partial charge in [0.2, 0.25) is 10.0 Å². The lowest BCUT2D eigenvalue weighted by molar-refractivity contribution is 0.0696. The topological polar surface area (TPSA) is 105 Å². The minimum Gasteiger partial charge on any atom is -0.478 e. The fourth-order valence-corrected chi connectivity index (χ4v) is 4.95. The first-order valence-electron chi connectivity index (χ1n) is 8.60. The predicted octanol–water partition coefficient (Wildman–Crippen LogP) is 2.00. The zero-order chi connectivity index (χ0) is 19.0. The molecule has 2 aromatic heterocycles. The lowest BCUT2D eigenvalue weighted by Crippen LogP contribution is -2.39. The lowest BCUT2D eigenvalue weighted by Gasteiger charge is -2.31. The molecule has 3 heterocycles. The maximum Gasteiger partial charge on any atom is 0.335 e. The molecule has 1 fully saturated rings. The predicted molar refractivity (Wildman–Crippen MR) is 97.1 cm³/mol. The van der Waals surface area contributed by atoms with E-state index in [1.165, 1.54) is 28.6 Å². The number of hydrogen-bond donors (Lipinski definition) is 1. The van der Waals surface area contributed by atoms with Gasteiger partial charge in [-0.1, -0.05) is 6.07 Å². The van der Waals surface area contributed by atoms with Crippen LogP contribution >= 0.6 is 0 Å². The van der Waals surface area contributed by atoms with Gasteiger partial charge >= 0.3 is 5.97 Å². The van der Waals surface area contributed by atoms with Crippen molar-refractivity contribution in [3.05, 3.63) is 60.0 Å². The maximum absolute atomic E-state index is 13.0. The Bertz CT molecular complexity index is 1090. The molecule has 1 aliphatic rings. The normalized spacial score (nSPS) is 18.6. The molecule has 27 heavy (non-hydrogen) atoms. The van der Waals surface area contributed by atoms with Gasteiger partial charge in [-0.15, -0.1) is 10.2 Å². The summed E-state index contributed by atoms with van der Waals surface area (Å²) in [5.41, 5.74) is 0.789. The van der Waals surface area contributed by atoms with Gasteiger partial charge in [-0.3, -0.25) is 4.40 Å². The molecule has 140 valence electrons. The molecule has 8 nitrogen and oxygen atoms in total. The number of carboxylic acids is 1. The molecule has 1 N–H and O–H groups in total. The number of carbonyl (C=O) groups is 1. The molecule has 0 amide bonds. The number of rotatable bonds is 4. The summed E-state index contributed by atoms with van der Waals surface area (Å²) in [4.78, 5) is 11.1. The summed E-state index contributed by atoms with van der Waals surface area (Å²) in [6.45, 7) is 0.745. The minimum atomic E-state index is -3.70. The largest absolute Gasteiger partial charge is 0.478 e. The van der Waals surface area contributed by atoms with E-state index in [1.54, 1.807) is 0 Å². The zero-order valence-electron chi connectivity index (χ0n) is 14.4. The van der Waals surface area contributed by atoms with Crippen molar-refractivity contribution in [2.75, 3.05) is 13.1 Å². The summed E-state index contributed by atoms with van der Waals surface area (Å²) < 4.78 is 29.3. The summed E-state index contributed by atoms with van der Waals surface area (Å²) in [5.74, 6) is -0.383. The third kappa shape index (κ3) is 3.19. The van der Waals surface area contributed by atoms with Gasteiger partial charge in [0.1, 0.15) is 5.82 Å². The van der Waals surface area contributed by atoms with Gasteiger partial charge in [-0.25, -0.2) is 13.2 Å². The van der Waals surface area contributed by atoms with Crippen molar-refractivity contribution in [1.82, 2.24) is 18.9 Å². The monoisotopic (exact) mass is 386 g/mol. The summed E-state index contributed by atoms with van der Waals surface area (Å²) in [6.07, 6.45) is 3.43. The number of hydrogen-bond acceptors (Lipinski definition) is 5. The van der Waals surface area contributed by atoms with Gasteiger partial charge in [0.25, 0.3) is 0 Å². The standard InChI is InChI=1S/C18H18N4O4S/c23-18(24)13-6-8-15(9-7-13)27(25,26)21-10-3-4-14(12-21)17-20-19-16-5-1-2-11-22(16)17/h1-2,5-9,11,14H,3-4,10,12H2,(H,23,24)/t14-/m1/s1. The summed E-state index contributed by atoms with van der Waals surface area (Å²) >= 11 is 0. The van der Waals surface area contributed by atoms with Crippen molar-refractivity contribution in [1.29, 1.82) is 0 Å². The molecule has 0 spiro atoms. The molecule has 0 radical (unpaired) electrons. The van der Waals surface area contributed by atoms with E-state index in [-0.39, 0.29) is 16.4 Å². The highest BCUT2D eigenvalue weighted by molar-refractivity contribution is 7.89. The highest BCUT2D eigenvalue weighted by Gasteiger charge is 2.32. The molecule has 1 aromatic carbocycles. The van der Waals surface area contributed by atoms with Gasteiger partial charge < -0.3 is 5.11 Å². The first-order chi connectivity index (χ1) is 13.0. The first-order valence-corrected chi connectivity index (χ1v) is 10.0. The van der Waals surface area contributed by atoms with E-state index in [1.807, 2.05) is 28.8 Å². The van der Waals surface area contributed by atoms with Crippen LogP contribution in [0.1, 0.15) is 34.9 Å². The van der Waals surface area contributed by atoms with E-state index in [9.17, 15) is 13.2 Å². The molecule has 1 aliphatic heterocycles. The molecule has 1 saturated heterocycles. The summed E-state index contributed by atoms with van der Waals surface area (Å²) in [6, 6.07) is 10.9. The van der Waals surface area contributed by atoms with Crippen molar-refractivity contribution >= 4 is 21.6 Å². The highest BCUT2D eigenvalue weighted by Crippen LogP contribution is 2.29. The SMILES string of the molecule is O=C(O)c1ccc(S(=O)(=O)N2CCC[C@@H](c3nnc4ccccn34)C2)cc1. The molecule has 0 bridgehead atoms. The maximum atomic E-state index is 13.0. The Hall–Kier alpha value is -2.78. The van der Waals surface area contributed by atoms with Crippen LogP contribution in [0.4, 0.5) is 0 Å². The Kier molecular flexibility index (Phi) is 4.40. The van der Waals surface area contributed by atoms with Crippen LogP contribution in [0.3, 0.4) is 0 Å². The van der Waals surface area contributed by atoms with Crippen molar-refractivity contribution in [2.45, 2.75) is 23.7 Å². The number of sulfonamides is 1. The van der Waals surface area contributed by atoms with Crippen LogP contribution < -0.4 is 0 Å². The van der Waals surface area contributed by atoms with E-state index in [4.69, 9.17) is 5.11 Å². The Morgan fingerprint density at radius 3 is 2.63 bits per heavy atom. The fourth-order valence-electron chi connectivity index (χ4n) is 3.43. The van der Waals surface area contributed by atoms with Crippen LogP contribution in [0, 0.1) is 0 Å². The van der Waals surface area contributed by atoms with Crippen LogP contribution in [0.25, 0.3) is 5.65 Å². The molecular weight excluding hydrogens is 368 g/mol. The lowest BCUT2D eigenvalue weighted by atomic mass is 9.99. The first kappa shape index (κ1) is 17.6. The second-order valence-electron chi connectivity index (χ2n) is 6.52. The number of piperidine rings is 1. The summed E-state index contributed by atoms with van der Waals surface area (Å²) in [7, 11) is -3.70. The van der Waals surface area contributed by atoms with Crippen molar-refractivity contribution in [3.8, 4) is 0 Å². The Labute approximate surface area is 156 Å². The minimum absolute atomic E-state index is 0.0517. The number of pyridine rings is 1.